The summed E-state index contributed by atoms with van der Waals surface area (Å²) in [7, 11) is 0. The highest BCUT2D eigenvalue weighted by atomic mass is 35.5. The highest BCUT2D eigenvalue weighted by Crippen LogP contribution is 2.39. The summed E-state index contributed by atoms with van der Waals surface area (Å²) in [5.74, 6) is 4.03. The Balaban J connectivity index is 1.47. The predicted octanol–water partition coefficient (Wildman–Crippen LogP) is 9.47. The fraction of sp³-hybridized carbons (Fsp3) is 0.578. The number of aromatic nitrogens is 2. The summed E-state index contributed by atoms with van der Waals surface area (Å²) in [5.41, 5.74) is 4.02. The highest BCUT2D eigenvalue weighted by Gasteiger charge is 2.22. The topological polar surface area (TPSA) is 64.5 Å². The second kappa shape index (κ2) is 22.9. The van der Waals surface area contributed by atoms with Crippen molar-refractivity contribution < 1.29 is 18.9 Å². The Kier molecular flexibility index (Phi) is 17.8. The van der Waals surface area contributed by atoms with Gasteiger partial charge in [-0.1, -0.05) is 64.8 Å². The van der Waals surface area contributed by atoms with Crippen molar-refractivity contribution in [3.63, 3.8) is 0 Å². The fourth-order valence-corrected chi connectivity index (χ4v) is 7.39. The van der Waals surface area contributed by atoms with E-state index < -0.39 is 0 Å². The van der Waals surface area contributed by atoms with E-state index in [0.717, 1.165) is 148 Å². The van der Waals surface area contributed by atoms with Gasteiger partial charge in [-0.15, -0.1) is 0 Å². The second-order valence-corrected chi connectivity index (χ2v) is 14.9. The number of ether oxygens (including phenoxy) is 4. The van der Waals surface area contributed by atoms with Crippen LogP contribution in [0.3, 0.4) is 0 Å². The number of imidazole rings is 1. The molecule has 3 aromatic carbocycles. The highest BCUT2D eigenvalue weighted by molar-refractivity contribution is 6.30. The molecule has 2 heterocycles. The van der Waals surface area contributed by atoms with E-state index in [2.05, 4.69) is 66.0 Å². The Bertz CT molecular complexity index is 1700. The lowest BCUT2D eigenvalue weighted by Gasteiger charge is -2.19. The molecular weight excluding hydrogens is 710 g/mol. The van der Waals surface area contributed by atoms with Crippen molar-refractivity contribution in [2.75, 3.05) is 85.3 Å². The molecule has 1 saturated heterocycles. The van der Waals surface area contributed by atoms with Gasteiger partial charge >= 0.3 is 0 Å². The smallest absolute Gasteiger partial charge is 0.150 e. The molecule has 0 aliphatic carbocycles. The lowest BCUT2D eigenvalue weighted by molar-refractivity contribution is 0.237. The van der Waals surface area contributed by atoms with Crippen molar-refractivity contribution in [3.05, 3.63) is 65.2 Å². The van der Waals surface area contributed by atoms with Crippen LogP contribution in [-0.4, -0.2) is 110 Å². The summed E-state index contributed by atoms with van der Waals surface area (Å²) in [6, 6.07) is 18.3. The van der Waals surface area contributed by atoms with Crippen LogP contribution in [0.2, 0.25) is 5.02 Å². The van der Waals surface area contributed by atoms with Crippen LogP contribution in [0.4, 0.5) is 0 Å². The van der Waals surface area contributed by atoms with E-state index in [4.69, 9.17) is 35.5 Å². The number of benzene rings is 3. The van der Waals surface area contributed by atoms with Gasteiger partial charge in [-0.25, -0.2) is 4.98 Å². The molecule has 0 atom stereocenters. The van der Waals surface area contributed by atoms with Gasteiger partial charge in [0.05, 0.1) is 30.9 Å². The van der Waals surface area contributed by atoms with Crippen LogP contribution < -0.4 is 18.9 Å². The van der Waals surface area contributed by atoms with Gasteiger partial charge in [0, 0.05) is 55.8 Å². The molecule has 4 aromatic rings. The Morgan fingerprint density at radius 1 is 0.655 bits per heavy atom. The summed E-state index contributed by atoms with van der Waals surface area (Å²) in [5, 5.41) is 0.740. The molecule has 1 aliphatic rings. The molecule has 0 unspecified atom stereocenters. The van der Waals surface area contributed by atoms with Gasteiger partial charge < -0.3 is 33.3 Å². The predicted molar refractivity (Wildman–Crippen MR) is 228 cm³/mol. The van der Waals surface area contributed by atoms with Crippen molar-refractivity contribution in [2.45, 2.75) is 86.1 Å². The first-order valence-corrected chi connectivity index (χ1v) is 21.4. The molecular formula is C45H66ClN5O4. The van der Waals surface area contributed by atoms with Crippen molar-refractivity contribution >= 4 is 22.6 Å². The largest absolute Gasteiger partial charge is 0.493 e. The molecule has 1 fully saturated rings. The number of halogens is 1. The molecule has 5 rings (SSSR count). The van der Waals surface area contributed by atoms with Crippen molar-refractivity contribution in [1.29, 1.82) is 0 Å². The molecule has 55 heavy (non-hydrogen) atoms. The van der Waals surface area contributed by atoms with Crippen LogP contribution in [0, 0.1) is 0 Å². The van der Waals surface area contributed by atoms with Crippen LogP contribution in [0.5, 0.6) is 23.0 Å². The molecule has 302 valence electrons. The zero-order valence-corrected chi connectivity index (χ0v) is 35.0. The number of unbranched alkanes of at least 4 members (excludes halogenated alkanes) is 1. The van der Waals surface area contributed by atoms with Gasteiger partial charge in [-0.2, -0.15) is 0 Å². The zero-order valence-electron chi connectivity index (χ0n) is 34.3. The minimum Gasteiger partial charge on any atom is -0.493 e. The lowest BCUT2D eigenvalue weighted by Crippen LogP contribution is -2.25. The van der Waals surface area contributed by atoms with Gasteiger partial charge in [0.15, 0.2) is 5.75 Å². The first-order chi connectivity index (χ1) is 27.0. The maximum absolute atomic E-state index is 6.65. The summed E-state index contributed by atoms with van der Waals surface area (Å²) < 4.78 is 28.4. The van der Waals surface area contributed by atoms with Crippen molar-refractivity contribution in [3.8, 4) is 34.4 Å². The van der Waals surface area contributed by atoms with Gasteiger partial charge in [0.25, 0.3) is 0 Å². The normalized spacial score (nSPS) is 13.4. The third kappa shape index (κ3) is 12.8. The van der Waals surface area contributed by atoms with Crippen LogP contribution in [0.15, 0.2) is 54.6 Å². The number of aryl methyl sites for hydroxylation is 1. The quantitative estimate of drug-likeness (QED) is 0.0585. The summed E-state index contributed by atoms with van der Waals surface area (Å²) in [4.78, 5) is 12.7. The summed E-state index contributed by atoms with van der Waals surface area (Å²) in [6.07, 6.45) is 7.28. The van der Waals surface area contributed by atoms with E-state index in [1.807, 2.05) is 42.5 Å². The molecule has 0 saturated carbocycles. The number of nitrogens with zero attached hydrogens (tertiary/aromatic N) is 5. The molecule has 1 aliphatic heterocycles. The average molecular weight is 777 g/mol. The monoisotopic (exact) mass is 775 g/mol. The van der Waals surface area contributed by atoms with E-state index in [1.54, 1.807) is 0 Å². The Morgan fingerprint density at radius 2 is 1.29 bits per heavy atom. The minimum absolute atomic E-state index is 0.551. The van der Waals surface area contributed by atoms with Crippen LogP contribution in [-0.2, 0) is 13.0 Å². The van der Waals surface area contributed by atoms with Gasteiger partial charge in [0.2, 0.25) is 0 Å². The Morgan fingerprint density at radius 3 is 1.96 bits per heavy atom. The van der Waals surface area contributed by atoms with E-state index in [0.29, 0.717) is 26.4 Å². The molecule has 0 N–H and O–H groups in total. The van der Waals surface area contributed by atoms with E-state index in [1.165, 1.54) is 18.4 Å². The molecule has 9 nitrogen and oxygen atoms in total. The third-order valence-electron chi connectivity index (χ3n) is 10.7. The molecule has 0 amide bonds. The SMILES string of the molecule is CCCCn1c(-c2ccc(OCCc3ccc(Cl)cc3)cc2OCCN2CCCC2)nc2c(OCCCN(CC)CC)cc(OCCCN(CC)CC)cc21. The second-order valence-electron chi connectivity index (χ2n) is 14.5. The average Bonchev–Trinajstić information content (AvgIpc) is 3.86. The van der Waals surface area contributed by atoms with Crippen LogP contribution in [0.1, 0.15) is 78.7 Å². The molecule has 0 spiro atoms. The van der Waals surface area contributed by atoms with Gasteiger partial charge in [-0.05, 0) is 101 Å². The fourth-order valence-electron chi connectivity index (χ4n) is 7.26. The van der Waals surface area contributed by atoms with Gasteiger partial charge in [0.1, 0.15) is 35.2 Å². The van der Waals surface area contributed by atoms with E-state index in [9.17, 15) is 0 Å². The molecule has 0 radical (unpaired) electrons. The standard InChI is InChI=1S/C45H66ClN5O4/c1-6-11-27-51-41-33-39(52-29-14-25-48(7-2)8-3)35-43(54-30-15-26-49(9-4)10-5)44(41)47-45(51)40-21-20-38(53-31-22-36-16-18-37(46)19-17-36)34-42(40)55-32-28-50-23-12-13-24-50/h16-21,33-35H,6-15,22-32H2,1-5H3. The maximum Gasteiger partial charge on any atom is 0.150 e. The van der Waals surface area contributed by atoms with Crippen molar-refractivity contribution in [1.82, 2.24) is 24.3 Å². The molecule has 0 bridgehead atoms. The molecule has 1 aromatic heterocycles. The maximum atomic E-state index is 6.65. The zero-order chi connectivity index (χ0) is 38.8. The van der Waals surface area contributed by atoms with Crippen LogP contribution >= 0.6 is 11.6 Å². The third-order valence-corrected chi connectivity index (χ3v) is 11.0. The summed E-state index contributed by atoms with van der Waals surface area (Å²) >= 11 is 6.11. The lowest BCUT2D eigenvalue weighted by atomic mass is 10.1. The number of hydrogen-bond donors (Lipinski definition) is 0. The Labute approximate surface area is 335 Å². The first-order valence-electron chi connectivity index (χ1n) is 21.1. The van der Waals surface area contributed by atoms with E-state index >= 15 is 0 Å². The Hall–Kier alpha value is -3.50. The summed E-state index contributed by atoms with van der Waals surface area (Å²) in [6.45, 7) is 23.7. The minimum atomic E-state index is 0.551. The van der Waals surface area contributed by atoms with Gasteiger partial charge in [-0.3, -0.25) is 4.90 Å². The van der Waals surface area contributed by atoms with Crippen LogP contribution in [0.25, 0.3) is 22.4 Å². The number of hydrogen-bond acceptors (Lipinski definition) is 8. The molecule has 10 heteroatoms. The number of likely N-dealkylation sites (tertiary alicyclic amines) is 1. The van der Waals surface area contributed by atoms with E-state index in [-0.39, 0.29) is 0 Å². The van der Waals surface area contributed by atoms with Crippen molar-refractivity contribution in [2.24, 2.45) is 0 Å². The number of fused-ring (bicyclic) bond motifs is 1. The first kappa shape index (κ1) is 42.6. The number of rotatable bonds is 26.